The van der Waals surface area contributed by atoms with Crippen molar-refractivity contribution in [3.63, 3.8) is 0 Å². The Labute approximate surface area is 250 Å². The third-order valence-corrected chi connectivity index (χ3v) is 7.47. The molecule has 2 N–H and O–H groups in total. The maximum atomic E-state index is 13.6. The van der Waals surface area contributed by atoms with Crippen LogP contribution in [-0.4, -0.2) is 72.0 Å². The van der Waals surface area contributed by atoms with E-state index in [0.29, 0.717) is 39.6 Å². The van der Waals surface area contributed by atoms with Gasteiger partial charge in [-0.25, -0.2) is 18.9 Å². The van der Waals surface area contributed by atoms with Gasteiger partial charge in [0.25, 0.3) is 0 Å². The summed E-state index contributed by atoms with van der Waals surface area (Å²) in [5, 5.41) is 29.2. The molecule has 0 bridgehead atoms. The molecule has 0 aliphatic carbocycles. The fraction of sp³-hybridized carbons (Fsp3) is 0.167. The number of carboxylic acids is 1. The number of ether oxygens (including phenoxy) is 1. The largest absolute Gasteiger partial charge is 0.478 e. The van der Waals surface area contributed by atoms with Gasteiger partial charge in [-0.2, -0.15) is 4.68 Å². The van der Waals surface area contributed by atoms with E-state index in [9.17, 15) is 19.5 Å². The molecule has 0 saturated carbocycles. The van der Waals surface area contributed by atoms with E-state index in [0.717, 1.165) is 0 Å². The Hall–Kier alpha value is -6.05. The van der Waals surface area contributed by atoms with Gasteiger partial charge in [-0.05, 0) is 56.3 Å². The van der Waals surface area contributed by atoms with Gasteiger partial charge in [0.1, 0.15) is 5.52 Å². The molecule has 0 fully saturated rings. The number of rotatable bonds is 7. The van der Waals surface area contributed by atoms with E-state index in [2.05, 4.69) is 25.6 Å². The first-order valence-corrected chi connectivity index (χ1v) is 13.5. The lowest BCUT2D eigenvalue weighted by Gasteiger charge is -2.25. The predicted octanol–water partition coefficient (Wildman–Crippen LogP) is 4.33. The van der Waals surface area contributed by atoms with Crippen molar-refractivity contribution in [2.45, 2.75) is 19.9 Å². The van der Waals surface area contributed by atoms with Gasteiger partial charge in [0.15, 0.2) is 11.6 Å². The fourth-order valence-electron chi connectivity index (χ4n) is 4.93. The van der Waals surface area contributed by atoms with Crippen LogP contribution in [-0.2, 0) is 0 Å². The highest BCUT2D eigenvalue weighted by atomic mass is 16.5. The Bertz CT molecular complexity index is 2060. The minimum absolute atomic E-state index is 0.151. The zero-order valence-electron chi connectivity index (χ0n) is 24.2. The first-order valence-electron chi connectivity index (χ1n) is 13.5. The number of esters is 1. The van der Waals surface area contributed by atoms with Crippen LogP contribution < -0.4 is 14.5 Å². The van der Waals surface area contributed by atoms with Crippen molar-refractivity contribution >= 4 is 46.0 Å². The van der Waals surface area contributed by atoms with Crippen molar-refractivity contribution in [3.05, 3.63) is 95.4 Å². The molecule has 3 aromatic heterocycles. The van der Waals surface area contributed by atoms with Crippen LogP contribution in [0.1, 0.15) is 45.2 Å². The number of H-pyrrole nitrogens is 1. The summed E-state index contributed by atoms with van der Waals surface area (Å²) in [4.78, 5) is 41.6. The van der Waals surface area contributed by atoms with E-state index >= 15 is 0 Å². The third kappa shape index (κ3) is 4.77. The van der Waals surface area contributed by atoms with E-state index in [4.69, 9.17) is 4.74 Å². The minimum atomic E-state index is -1.02. The molecule has 3 heterocycles. The fourth-order valence-corrected chi connectivity index (χ4v) is 4.93. The number of nitrogens with zero attached hydrogens (tertiary/aromatic N) is 8. The summed E-state index contributed by atoms with van der Waals surface area (Å²) in [7, 11) is 3.36. The number of hydrogen-bond acceptors (Lipinski definition) is 9. The number of aromatic amines is 1. The third-order valence-electron chi connectivity index (χ3n) is 7.47. The number of carbonyl (C=O) groups excluding carboxylic acids is 2. The number of hydrogen-bond donors (Lipinski definition) is 2. The van der Waals surface area contributed by atoms with Gasteiger partial charge in [-0.15, -0.1) is 15.3 Å². The van der Waals surface area contributed by atoms with Crippen LogP contribution in [0.2, 0.25) is 0 Å². The second kappa shape index (κ2) is 11.0. The van der Waals surface area contributed by atoms with Gasteiger partial charge >= 0.3 is 18.0 Å². The number of carbonyl (C=O) groups is 3. The zero-order chi connectivity index (χ0) is 31.1. The number of amides is 1. The molecule has 0 spiro atoms. The minimum Gasteiger partial charge on any atom is -0.478 e. The lowest BCUT2D eigenvalue weighted by atomic mass is 10.1. The summed E-state index contributed by atoms with van der Waals surface area (Å²) in [6.45, 7) is 3.64. The predicted molar refractivity (Wildman–Crippen MR) is 160 cm³/mol. The average Bonchev–Trinajstić information content (AvgIpc) is 3.74. The van der Waals surface area contributed by atoms with Gasteiger partial charge in [-0.1, -0.05) is 35.5 Å². The van der Waals surface area contributed by atoms with Crippen molar-refractivity contribution in [3.8, 4) is 5.75 Å². The molecule has 44 heavy (non-hydrogen) atoms. The number of nitrogens with one attached hydrogen (secondary N) is 1. The SMILES string of the molecule is Cc1[nH]n2c(C(C)N(C)c3cccc(C(=O)O)c3)nnc2c1OC(=O)c1ccccc1N(C)C(=O)n1nnc2ccccc21. The molecular formula is C30H27N9O5. The number of aromatic nitrogens is 7. The molecule has 0 radical (unpaired) electrons. The zero-order valence-corrected chi connectivity index (χ0v) is 24.2. The first kappa shape index (κ1) is 28.1. The van der Waals surface area contributed by atoms with Crippen LogP contribution in [0.4, 0.5) is 16.2 Å². The van der Waals surface area contributed by atoms with Gasteiger partial charge in [0.05, 0.1) is 34.1 Å². The highest BCUT2D eigenvalue weighted by molar-refractivity contribution is 6.04. The summed E-state index contributed by atoms with van der Waals surface area (Å²) in [6, 6.07) is 19.4. The number of fused-ring (bicyclic) bond motifs is 2. The summed E-state index contributed by atoms with van der Waals surface area (Å²) >= 11 is 0. The Morgan fingerprint density at radius 2 is 1.70 bits per heavy atom. The Kier molecular flexibility index (Phi) is 7.01. The second-order valence-corrected chi connectivity index (χ2v) is 10.2. The number of anilines is 2. The van der Waals surface area contributed by atoms with Crippen LogP contribution in [0, 0.1) is 6.92 Å². The number of aryl methyl sites for hydroxylation is 1. The molecule has 222 valence electrons. The summed E-state index contributed by atoms with van der Waals surface area (Å²) < 4.78 is 8.65. The molecule has 14 nitrogen and oxygen atoms in total. The smallest absolute Gasteiger partial charge is 0.350 e. The molecule has 0 aliphatic rings. The first-order chi connectivity index (χ1) is 21.2. The number of benzene rings is 3. The maximum absolute atomic E-state index is 13.6. The Morgan fingerprint density at radius 3 is 2.50 bits per heavy atom. The average molecular weight is 594 g/mol. The topological polar surface area (TPSA) is 164 Å². The lowest BCUT2D eigenvalue weighted by Crippen LogP contribution is -2.33. The Balaban J connectivity index is 1.27. The molecule has 1 atom stereocenters. The maximum Gasteiger partial charge on any atom is 0.350 e. The number of carboxylic acid groups (broad SMARTS) is 1. The van der Waals surface area contributed by atoms with E-state index in [1.165, 1.54) is 15.6 Å². The van der Waals surface area contributed by atoms with Crippen molar-refractivity contribution in [2.24, 2.45) is 0 Å². The summed E-state index contributed by atoms with van der Waals surface area (Å²) in [6.07, 6.45) is 0. The van der Waals surface area contributed by atoms with E-state index in [1.807, 2.05) is 18.9 Å². The normalized spacial score (nSPS) is 11.9. The van der Waals surface area contributed by atoms with Gasteiger partial charge in [0.2, 0.25) is 5.65 Å². The molecular weight excluding hydrogens is 566 g/mol. The van der Waals surface area contributed by atoms with Crippen molar-refractivity contribution in [2.75, 3.05) is 23.9 Å². The molecule has 3 aromatic carbocycles. The highest BCUT2D eigenvalue weighted by Gasteiger charge is 2.27. The molecule has 1 amide bonds. The number of para-hydroxylation sites is 2. The molecule has 0 saturated heterocycles. The standard InChI is InChI=1S/C30H27N9O5/c1-17-25(27-33-32-26(39(27)34-17)18(2)36(3)20-11-9-10-19(16-20)28(40)41)44-29(42)21-12-5-7-14-23(21)37(4)30(43)38-24-15-8-6-13-22(24)31-35-38/h5-16,18,34H,1-4H3,(H,40,41). The van der Waals surface area contributed by atoms with Crippen LogP contribution in [0.5, 0.6) is 5.75 Å². The van der Waals surface area contributed by atoms with Gasteiger partial charge in [0, 0.05) is 19.8 Å². The van der Waals surface area contributed by atoms with Crippen molar-refractivity contribution in [1.82, 2.24) is 34.8 Å². The second-order valence-electron chi connectivity index (χ2n) is 10.2. The number of aromatic carboxylic acids is 1. The van der Waals surface area contributed by atoms with Crippen LogP contribution >= 0.6 is 0 Å². The monoisotopic (exact) mass is 593 g/mol. The van der Waals surface area contributed by atoms with Crippen molar-refractivity contribution < 1.29 is 24.2 Å². The van der Waals surface area contributed by atoms with Gasteiger partial charge < -0.3 is 14.7 Å². The Morgan fingerprint density at radius 1 is 0.955 bits per heavy atom. The van der Waals surface area contributed by atoms with Crippen LogP contribution in [0.15, 0.2) is 72.8 Å². The van der Waals surface area contributed by atoms with E-state index in [1.54, 1.807) is 85.2 Å². The summed E-state index contributed by atoms with van der Waals surface area (Å²) in [5.41, 5.74) is 3.23. The molecule has 1 unspecified atom stereocenters. The van der Waals surface area contributed by atoms with Gasteiger partial charge in [-0.3, -0.25) is 10.00 Å². The molecule has 6 rings (SSSR count). The lowest BCUT2D eigenvalue weighted by molar-refractivity contribution is 0.0694. The van der Waals surface area contributed by atoms with Crippen molar-refractivity contribution in [1.29, 1.82) is 0 Å². The van der Waals surface area contributed by atoms with Crippen LogP contribution in [0.3, 0.4) is 0 Å². The van der Waals surface area contributed by atoms with E-state index in [-0.39, 0.29) is 22.9 Å². The molecule has 6 aromatic rings. The van der Waals surface area contributed by atoms with Crippen LogP contribution in [0.25, 0.3) is 16.7 Å². The molecule has 14 heteroatoms. The van der Waals surface area contributed by atoms with E-state index < -0.39 is 18.0 Å². The summed E-state index contributed by atoms with van der Waals surface area (Å²) in [5.74, 6) is -1.02. The highest BCUT2D eigenvalue weighted by Crippen LogP contribution is 2.31. The quantitative estimate of drug-likeness (QED) is 0.255. The molecule has 0 aliphatic heterocycles.